The smallest absolute Gasteiger partial charge is 0.218 e. The van der Waals surface area contributed by atoms with Crippen LogP contribution in [0, 0.1) is 16.7 Å². The molecule has 3 rings (SSSR count). The van der Waals surface area contributed by atoms with Crippen molar-refractivity contribution < 1.29 is 4.74 Å². The van der Waals surface area contributed by atoms with Crippen molar-refractivity contribution >= 4 is 15.9 Å². The fraction of sp³-hybridized carbons (Fsp3) is 0.750. The maximum atomic E-state index is 6.29. The van der Waals surface area contributed by atoms with E-state index in [1.165, 1.54) is 12.8 Å². The second-order valence-corrected chi connectivity index (χ2v) is 7.83. The summed E-state index contributed by atoms with van der Waals surface area (Å²) in [5.74, 6) is 2.34. The minimum absolute atomic E-state index is 0.265. The lowest BCUT2D eigenvalue weighted by molar-refractivity contribution is 0.0270. The molecule has 2 fully saturated rings. The first kappa shape index (κ1) is 14.3. The van der Waals surface area contributed by atoms with Gasteiger partial charge in [-0.1, -0.05) is 27.7 Å². The molecule has 0 spiro atoms. The van der Waals surface area contributed by atoms with Crippen LogP contribution >= 0.6 is 15.9 Å². The molecule has 0 radical (unpaired) electrons. The van der Waals surface area contributed by atoms with Crippen LogP contribution in [-0.2, 0) is 6.42 Å². The fourth-order valence-electron chi connectivity index (χ4n) is 4.11. The highest BCUT2D eigenvalue weighted by atomic mass is 79.9. The Balaban J connectivity index is 1.85. The summed E-state index contributed by atoms with van der Waals surface area (Å²) in [6, 6.07) is 1.89. The number of fused-ring (bicyclic) bond motifs is 2. The number of aryl methyl sites for hydroxylation is 1. The summed E-state index contributed by atoms with van der Waals surface area (Å²) in [5.41, 5.74) is 0.636. The molecule has 0 saturated heterocycles. The Labute approximate surface area is 129 Å². The van der Waals surface area contributed by atoms with Crippen LogP contribution in [0.2, 0.25) is 0 Å². The first-order valence-corrected chi connectivity index (χ1v) is 8.36. The Morgan fingerprint density at radius 2 is 2.10 bits per heavy atom. The SMILES string of the molecule is CCc1nc(Br)cc(OC2CC3CCC2(C)C3(C)C)n1. The second-order valence-electron chi connectivity index (χ2n) is 7.02. The van der Waals surface area contributed by atoms with E-state index in [2.05, 4.69) is 53.6 Å². The molecule has 1 aromatic rings. The van der Waals surface area contributed by atoms with Crippen molar-refractivity contribution in [1.29, 1.82) is 0 Å². The van der Waals surface area contributed by atoms with Crippen molar-refractivity contribution in [2.24, 2.45) is 16.7 Å². The first-order chi connectivity index (χ1) is 9.36. The topological polar surface area (TPSA) is 35.0 Å². The normalized spacial score (nSPS) is 34.5. The summed E-state index contributed by atoms with van der Waals surface area (Å²) in [5, 5.41) is 0. The van der Waals surface area contributed by atoms with Crippen molar-refractivity contribution in [3.8, 4) is 5.88 Å². The van der Waals surface area contributed by atoms with Crippen LogP contribution in [0.25, 0.3) is 0 Å². The van der Waals surface area contributed by atoms with Gasteiger partial charge >= 0.3 is 0 Å². The number of nitrogens with zero attached hydrogens (tertiary/aromatic N) is 2. The van der Waals surface area contributed by atoms with Crippen molar-refractivity contribution in [2.45, 2.75) is 59.5 Å². The summed E-state index contributed by atoms with van der Waals surface area (Å²) >= 11 is 3.45. The van der Waals surface area contributed by atoms with Gasteiger partial charge in [-0.25, -0.2) is 4.98 Å². The Morgan fingerprint density at radius 1 is 1.35 bits per heavy atom. The Hall–Kier alpha value is -0.640. The monoisotopic (exact) mass is 338 g/mol. The number of hydrogen-bond donors (Lipinski definition) is 0. The van der Waals surface area contributed by atoms with E-state index in [1.54, 1.807) is 0 Å². The standard InChI is InChI=1S/C16H23BrN2O/c1-5-13-18-12(17)9-14(19-13)20-11-8-10-6-7-16(11,4)15(10,2)3/h9-11H,5-8H2,1-4H3. The number of halogens is 1. The predicted octanol–water partition coefficient (Wildman–Crippen LogP) is 4.40. The van der Waals surface area contributed by atoms with Crippen LogP contribution in [0.4, 0.5) is 0 Å². The van der Waals surface area contributed by atoms with Gasteiger partial charge in [0.25, 0.3) is 0 Å². The molecule has 0 N–H and O–H groups in total. The average molecular weight is 339 g/mol. The van der Waals surface area contributed by atoms with Gasteiger partial charge in [-0.2, -0.15) is 4.98 Å². The first-order valence-electron chi connectivity index (χ1n) is 7.57. The molecule has 4 heteroatoms. The molecular weight excluding hydrogens is 316 g/mol. The Bertz CT molecular complexity index is 531. The van der Waals surface area contributed by atoms with Crippen molar-refractivity contribution in [2.75, 3.05) is 0 Å². The molecule has 3 nitrogen and oxygen atoms in total. The molecule has 3 atom stereocenters. The largest absolute Gasteiger partial charge is 0.474 e. The van der Waals surface area contributed by atoms with Crippen LogP contribution < -0.4 is 4.74 Å². The predicted molar refractivity (Wildman–Crippen MR) is 82.8 cm³/mol. The van der Waals surface area contributed by atoms with Crippen LogP contribution in [-0.4, -0.2) is 16.1 Å². The summed E-state index contributed by atoms with van der Waals surface area (Å²) in [4.78, 5) is 8.86. The maximum absolute atomic E-state index is 6.29. The third-order valence-corrected chi connectivity index (χ3v) is 6.42. The Morgan fingerprint density at radius 3 is 2.65 bits per heavy atom. The number of ether oxygens (including phenoxy) is 1. The molecule has 2 bridgehead atoms. The van der Waals surface area contributed by atoms with Crippen LogP contribution in [0.1, 0.15) is 52.8 Å². The number of aromatic nitrogens is 2. The van der Waals surface area contributed by atoms with E-state index in [4.69, 9.17) is 4.74 Å². The molecular formula is C16H23BrN2O. The Kier molecular flexibility index (Phi) is 3.35. The van der Waals surface area contributed by atoms with Gasteiger partial charge in [-0.05, 0) is 46.5 Å². The van der Waals surface area contributed by atoms with E-state index in [-0.39, 0.29) is 11.5 Å². The molecule has 2 aliphatic rings. The summed E-state index contributed by atoms with van der Waals surface area (Å²) < 4.78 is 7.10. The molecule has 0 amide bonds. The van der Waals surface area contributed by atoms with Crippen LogP contribution in [0.3, 0.4) is 0 Å². The van der Waals surface area contributed by atoms with E-state index >= 15 is 0 Å². The van der Waals surface area contributed by atoms with Gasteiger partial charge in [0.05, 0.1) is 0 Å². The second kappa shape index (κ2) is 4.69. The van der Waals surface area contributed by atoms with E-state index in [0.717, 1.165) is 35.1 Å². The van der Waals surface area contributed by atoms with Crippen molar-refractivity contribution in [3.05, 3.63) is 16.5 Å². The van der Waals surface area contributed by atoms with Gasteiger partial charge in [-0.15, -0.1) is 0 Å². The lowest BCUT2D eigenvalue weighted by atomic mass is 9.70. The summed E-state index contributed by atoms with van der Waals surface area (Å²) in [6.45, 7) is 9.26. The lowest BCUT2D eigenvalue weighted by Crippen LogP contribution is -2.39. The van der Waals surface area contributed by atoms with Gasteiger partial charge < -0.3 is 4.74 Å². The molecule has 1 aromatic heterocycles. The zero-order valence-corrected chi connectivity index (χ0v) is 14.3. The molecule has 1 heterocycles. The highest BCUT2D eigenvalue weighted by Gasteiger charge is 2.62. The molecule has 0 aliphatic heterocycles. The van der Waals surface area contributed by atoms with E-state index < -0.39 is 0 Å². The molecule has 2 saturated carbocycles. The zero-order valence-electron chi connectivity index (χ0n) is 12.7. The highest BCUT2D eigenvalue weighted by Crippen LogP contribution is 2.66. The third-order valence-electron chi connectivity index (χ3n) is 6.01. The average Bonchev–Trinajstić information content (AvgIpc) is 2.71. The van der Waals surface area contributed by atoms with E-state index in [9.17, 15) is 0 Å². The van der Waals surface area contributed by atoms with Crippen molar-refractivity contribution in [1.82, 2.24) is 9.97 Å². The van der Waals surface area contributed by atoms with Gasteiger partial charge in [0.2, 0.25) is 5.88 Å². The number of hydrogen-bond acceptors (Lipinski definition) is 3. The molecule has 110 valence electrons. The van der Waals surface area contributed by atoms with Gasteiger partial charge in [0.1, 0.15) is 16.5 Å². The van der Waals surface area contributed by atoms with Gasteiger partial charge in [0, 0.05) is 17.9 Å². The van der Waals surface area contributed by atoms with E-state index in [1.807, 2.05) is 6.07 Å². The van der Waals surface area contributed by atoms with E-state index in [0.29, 0.717) is 5.41 Å². The van der Waals surface area contributed by atoms with Crippen LogP contribution in [0.15, 0.2) is 10.7 Å². The minimum atomic E-state index is 0.265. The summed E-state index contributed by atoms with van der Waals surface area (Å²) in [6.07, 6.45) is 4.88. The van der Waals surface area contributed by atoms with Crippen LogP contribution in [0.5, 0.6) is 5.88 Å². The highest BCUT2D eigenvalue weighted by molar-refractivity contribution is 9.10. The van der Waals surface area contributed by atoms with Gasteiger partial charge in [0.15, 0.2) is 0 Å². The maximum Gasteiger partial charge on any atom is 0.218 e. The molecule has 0 aromatic carbocycles. The molecule has 3 unspecified atom stereocenters. The minimum Gasteiger partial charge on any atom is -0.474 e. The van der Waals surface area contributed by atoms with Gasteiger partial charge in [-0.3, -0.25) is 0 Å². The summed E-state index contributed by atoms with van der Waals surface area (Å²) in [7, 11) is 0. The quantitative estimate of drug-likeness (QED) is 0.766. The fourth-order valence-corrected chi connectivity index (χ4v) is 4.52. The molecule has 20 heavy (non-hydrogen) atoms. The molecule has 2 aliphatic carbocycles. The third kappa shape index (κ3) is 1.99. The van der Waals surface area contributed by atoms with Crippen molar-refractivity contribution in [3.63, 3.8) is 0 Å². The zero-order chi connectivity index (χ0) is 14.5. The lowest BCUT2D eigenvalue weighted by Gasteiger charge is -2.38. The number of rotatable bonds is 3.